The van der Waals surface area contributed by atoms with Crippen LogP contribution in [0.15, 0.2) is 0 Å². The summed E-state index contributed by atoms with van der Waals surface area (Å²) in [6.07, 6.45) is 5.22. The monoisotopic (exact) mass is 219 g/mol. The van der Waals surface area contributed by atoms with E-state index >= 15 is 0 Å². The van der Waals surface area contributed by atoms with E-state index in [-0.39, 0.29) is 12.4 Å². The number of rotatable bonds is 3. The lowest BCUT2D eigenvalue weighted by molar-refractivity contribution is -0.117. The Balaban J connectivity index is 2.70. The third-order valence-corrected chi connectivity index (χ3v) is 2.00. The van der Waals surface area contributed by atoms with Crippen LogP contribution in [0.4, 0.5) is 5.95 Å². The van der Waals surface area contributed by atoms with Crippen molar-refractivity contribution in [3.8, 4) is 12.3 Å². The van der Waals surface area contributed by atoms with Gasteiger partial charge < -0.3 is 5.73 Å². The Labute approximate surface area is 93.7 Å². The molecule has 1 rings (SSSR count). The molecule has 0 saturated heterocycles. The highest BCUT2D eigenvalue weighted by Gasteiger charge is 2.13. The first-order valence-corrected chi connectivity index (χ1v) is 4.72. The van der Waals surface area contributed by atoms with E-state index in [4.69, 9.17) is 12.2 Å². The number of amides is 1. The number of aromatic nitrogens is 3. The van der Waals surface area contributed by atoms with Gasteiger partial charge in [0.15, 0.2) is 0 Å². The first-order chi connectivity index (χ1) is 7.54. The molecule has 0 aliphatic carbocycles. The van der Waals surface area contributed by atoms with Crippen LogP contribution >= 0.6 is 0 Å². The summed E-state index contributed by atoms with van der Waals surface area (Å²) < 4.78 is 0. The molecular weight excluding hydrogens is 206 g/mol. The molecule has 0 aliphatic rings. The van der Waals surface area contributed by atoms with Gasteiger partial charge in [-0.25, -0.2) is 4.98 Å². The van der Waals surface area contributed by atoms with Crippen molar-refractivity contribution < 1.29 is 4.79 Å². The van der Waals surface area contributed by atoms with Crippen LogP contribution in [0.25, 0.3) is 0 Å². The molecule has 3 N–H and O–H groups in total. The van der Waals surface area contributed by atoms with Crippen LogP contribution in [0.1, 0.15) is 17.8 Å². The highest BCUT2D eigenvalue weighted by atomic mass is 16.2. The molecule has 6 nitrogen and oxygen atoms in total. The second-order valence-corrected chi connectivity index (χ2v) is 3.31. The molecule has 1 aromatic heterocycles. The van der Waals surface area contributed by atoms with Gasteiger partial charge in [-0.3, -0.25) is 10.1 Å². The van der Waals surface area contributed by atoms with Crippen LogP contribution in [-0.2, 0) is 4.79 Å². The second-order valence-electron chi connectivity index (χ2n) is 3.31. The molecule has 0 aliphatic heterocycles. The molecule has 6 heteroatoms. The molecule has 0 saturated carbocycles. The maximum absolute atomic E-state index is 11.5. The van der Waals surface area contributed by atoms with Crippen LogP contribution < -0.4 is 11.1 Å². The van der Waals surface area contributed by atoms with E-state index in [1.54, 1.807) is 13.8 Å². The Hall–Kier alpha value is -2.00. The third-order valence-electron chi connectivity index (χ3n) is 2.00. The van der Waals surface area contributed by atoms with Crippen LogP contribution in [0.2, 0.25) is 0 Å². The Morgan fingerprint density at radius 1 is 1.50 bits per heavy atom. The van der Waals surface area contributed by atoms with Crippen molar-refractivity contribution >= 4 is 11.9 Å². The summed E-state index contributed by atoms with van der Waals surface area (Å²) in [7, 11) is 0. The molecule has 1 heterocycles. The molecule has 1 aromatic rings. The van der Waals surface area contributed by atoms with Crippen molar-refractivity contribution in [3.05, 3.63) is 11.4 Å². The zero-order valence-corrected chi connectivity index (χ0v) is 9.19. The van der Waals surface area contributed by atoms with Gasteiger partial charge in [-0.05, 0) is 13.8 Å². The minimum absolute atomic E-state index is 0.139. The summed E-state index contributed by atoms with van der Waals surface area (Å²) in [5, 5.41) is 10.0. The van der Waals surface area contributed by atoms with Gasteiger partial charge in [-0.1, -0.05) is 0 Å². The second kappa shape index (κ2) is 5.19. The highest BCUT2D eigenvalue weighted by molar-refractivity contribution is 5.93. The van der Waals surface area contributed by atoms with E-state index in [1.165, 1.54) is 0 Å². The minimum Gasteiger partial charge on any atom is -0.319 e. The van der Waals surface area contributed by atoms with Gasteiger partial charge in [0.05, 0.1) is 17.4 Å². The van der Waals surface area contributed by atoms with E-state index in [9.17, 15) is 4.79 Å². The maximum Gasteiger partial charge on any atom is 0.249 e. The van der Waals surface area contributed by atoms with E-state index < -0.39 is 11.9 Å². The number of aryl methyl sites for hydroxylation is 2. The van der Waals surface area contributed by atoms with E-state index in [2.05, 4.69) is 26.4 Å². The van der Waals surface area contributed by atoms with Gasteiger partial charge in [0.1, 0.15) is 0 Å². The maximum atomic E-state index is 11.5. The van der Waals surface area contributed by atoms with Gasteiger partial charge in [0, 0.05) is 6.42 Å². The predicted molar refractivity (Wildman–Crippen MR) is 59.4 cm³/mol. The summed E-state index contributed by atoms with van der Waals surface area (Å²) >= 11 is 0. The highest BCUT2D eigenvalue weighted by Crippen LogP contribution is 2.02. The Morgan fingerprint density at radius 2 is 2.19 bits per heavy atom. The molecular formula is C10H13N5O. The molecule has 1 amide bonds. The van der Waals surface area contributed by atoms with Crippen molar-refractivity contribution in [2.45, 2.75) is 26.3 Å². The molecule has 0 fully saturated rings. The van der Waals surface area contributed by atoms with E-state index in [0.29, 0.717) is 11.4 Å². The lowest BCUT2D eigenvalue weighted by atomic mass is 10.2. The lowest BCUT2D eigenvalue weighted by Gasteiger charge is -2.08. The van der Waals surface area contributed by atoms with Crippen LogP contribution in [0.5, 0.6) is 0 Å². The molecule has 1 unspecified atom stereocenters. The van der Waals surface area contributed by atoms with Crippen LogP contribution in [0.3, 0.4) is 0 Å². The Bertz CT molecular complexity index is 437. The third kappa shape index (κ3) is 3.00. The number of nitrogens with two attached hydrogens (primary N) is 1. The quantitative estimate of drug-likeness (QED) is 0.685. The van der Waals surface area contributed by atoms with Crippen molar-refractivity contribution in [3.63, 3.8) is 0 Å². The molecule has 84 valence electrons. The molecule has 0 spiro atoms. The van der Waals surface area contributed by atoms with Gasteiger partial charge in [0.25, 0.3) is 0 Å². The number of terminal acetylenes is 1. The summed E-state index contributed by atoms with van der Waals surface area (Å²) in [5.41, 5.74) is 6.93. The molecule has 0 radical (unpaired) electrons. The normalized spacial score (nSPS) is 11.6. The van der Waals surface area contributed by atoms with Gasteiger partial charge in [0.2, 0.25) is 11.9 Å². The number of anilines is 1. The topological polar surface area (TPSA) is 93.8 Å². The Morgan fingerprint density at radius 3 is 2.75 bits per heavy atom. The average Bonchev–Trinajstić information content (AvgIpc) is 2.24. The molecule has 16 heavy (non-hydrogen) atoms. The van der Waals surface area contributed by atoms with E-state index in [0.717, 1.165) is 0 Å². The van der Waals surface area contributed by atoms with Crippen molar-refractivity contribution in [2.24, 2.45) is 5.73 Å². The lowest BCUT2D eigenvalue weighted by Crippen LogP contribution is -2.35. The van der Waals surface area contributed by atoms with E-state index in [1.807, 2.05) is 0 Å². The Kier molecular flexibility index (Phi) is 3.91. The first-order valence-electron chi connectivity index (χ1n) is 4.72. The van der Waals surface area contributed by atoms with Crippen molar-refractivity contribution in [1.29, 1.82) is 0 Å². The van der Waals surface area contributed by atoms with Gasteiger partial charge in [-0.2, -0.15) is 5.10 Å². The summed E-state index contributed by atoms with van der Waals surface area (Å²) in [6.45, 7) is 3.56. The average molecular weight is 219 g/mol. The minimum atomic E-state index is -0.754. The summed E-state index contributed by atoms with van der Waals surface area (Å²) in [6, 6.07) is -0.754. The predicted octanol–water partition coefficient (Wildman–Crippen LogP) is -0.222. The number of carbonyl (C=O) groups is 1. The molecule has 0 bridgehead atoms. The zero-order valence-electron chi connectivity index (χ0n) is 9.19. The number of hydrogen-bond acceptors (Lipinski definition) is 5. The smallest absolute Gasteiger partial charge is 0.249 e. The fourth-order valence-electron chi connectivity index (χ4n) is 0.932. The number of hydrogen-bond donors (Lipinski definition) is 2. The van der Waals surface area contributed by atoms with Crippen molar-refractivity contribution in [1.82, 2.24) is 15.2 Å². The summed E-state index contributed by atoms with van der Waals surface area (Å²) in [5.74, 6) is 2.04. The number of nitrogens with one attached hydrogen (secondary N) is 1. The summed E-state index contributed by atoms with van der Waals surface area (Å²) in [4.78, 5) is 15.5. The standard InChI is InChI=1S/C10H13N5O/c1-4-5-8(11)9(16)13-10-12-6(2)7(3)14-15-10/h1,8H,5,11H2,2-3H3,(H,12,13,15,16). The largest absolute Gasteiger partial charge is 0.319 e. The van der Waals surface area contributed by atoms with Crippen LogP contribution in [-0.4, -0.2) is 27.1 Å². The van der Waals surface area contributed by atoms with Crippen LogP contribution in [0, 0.1) is 26.2 Å². The number of nitrogens with zero attached hydrogens (tertiary/aromatic N) is 3. The van der Waals surface area contributed by atoms with Gasteiger partial charge >= 0.3 is 0 Å². The first kappa shape index (κ1) is 12.1. The molecule has 1 atom stereocenters. The fraction of sp³-hybridized carbons (Fsp3) is 0.400. The van der Waals surface area contributed by atoms with Crippen molar-refractivity contribution in [2.75, 3.05) is 5.32 Å². The fourth-order valence-corrected chi connectivity index (χ4v) is 0.932. The molecule has 0 aromatic carbocycles. The SMILES string of the molecule is C#CCC(N)C(=O)Nc1nnc(C)c(C)n1. The zero-order chi connectivity index (χ0) is 12.1. The number of carbonyl (C=O) groups excluding carboxylic acids is 1. The van der Waals surface area contributed by atoms with Gasteiger partial charge in [-0.15, -0.1) is 17.4 Å².